The zero-order valence-corrected chi connectivity index (χ0v) is 17.8. The van der Waals surface area contributed by atoms with Crippen LogP contribution in [0.4, 0.5) is 0 Å². The van der Waals surface area contributed by atoms with Crippen molar-refractivity contribution in [2.45, 2.75) is 45.3 Å². The molecule has 0 heterocycles. The molecule has 1 rings (SSSR count). The molecule has 1 aromatic rings. The number of benzene rings is 1. The van der Waals surface area contributed by atoms with Crippen LogP contribution in [0, 0.1) is 10.1 Å². The maximum Gasteiger partial charge on any atom is 0.406 e. The standard InChI is InChI=1S/C18H28NO8P/c1-6-18(19(21)22,28(23,26-7-2)27-8-3)12-11-15(20)14-9-10-16(24-4)17(13-14)25-5/h9-10,13H,6-8,11-12H2,1-5H3/t18-/m1/s1. The van der Waals surface area contributed by atoms with Crippen LogP contribution in [0.5, 0.6) is 11.5 Å². The molecule has 0 fully saturated rings. The molecule has 0 aliphatic heterocycles. The summed E-state index contributed by atoms with van der Waals surface area (Å²) in [7, 11) is -1.17. The quantitative estimate of drug-likeness (QED) is 0.202. The second-order valence-corrected chi connectivity index (χ2v) is 8.26. The van der Waals surface area contributed by atoms with Crippen molar-refractivity contribution in [1.82, 2.24) is 0 Å². The van der Waals surface area contributed by atoms with Crippen molar-refractivity contribution in [1.29, 1.82) is 0 Å². The van der Waals surface area contributed by atoms with Gasteiger partial charge in [-0.05, 0) is 32.0 Å². The number of nitro groups is 1. The molecule has 0 aliphatic rings. The lowest BCUT2D eigenvalue weighted by Crippen LogP contribution is -2.39. The van der Waals surface area contributed by atoms with Crippen molar-refractivity contribution < 1.29 is 32.8 Å². The van der Waals surface area contributed by atoms with Crippen LogP contribution < -0.4 is 9.47 Å². The summed E-state index contributed by atoms with van der Waals surface area (Å²) < 4.78 is 34.0. The van der Waals surface area contributed by atoms with Gasteiger partial charge in [-0.2, -0.15) is 0 Å². The summed E-state index contributed by atoms with van der Waals surface area (Å²) in [5, 5.41) is 9.91. The topological polar surface area (TPSA) is 114 Å². The van der Waals surface area contributed by atoms with E-state index in [0.29, 0.717) is 17.1 Å². The lowest BCUT2D eigenvalue weighted by Gasteiger charge is -2.30. The van der Waals surface area contributed by atoms with E-state index in [0.717, 1.165) is 0 Å². The number of hydrogen-bond acceptors (Lipinski definition) is 8. The van der Waals surface area contributed by atoms with Crippen LogP contribution in [0.25, 0.3) is 0 Å². The number of nitrogens with zero attached hydrogens (tertiary/aromatic N) is 1. The molecule has 1 aromatic carbocycles. The van der Waals surface area contributed by atoms with Gasteiger partial charge in [0.15, 0.2) is 17.3 Å². The molecule has 0 aromatic heterocycles. The molecule has 0 radical (unpaired) electrons. The largest absolute Gasteiger partial charge is 0.493 e. The van der Waals surface area contributed by atoms with Crippen molar-refractivity contribution in [3.8, 4) is 11.5 Å². The first kappa shape index (κ1) is 24.1. The molecule has 0 aliphatic carbocycles. The van der Waals surface area contributed by atoms with E-state index in [1.807, 2.05) is 0 Å². The Kier molecular flexibility index (Phi) is 9.07. The van der Waals surface area contributed by atoms with Gasteiger partial charge in [0.25, 0.3) is 0 Å². The maximum atomic E-state index is 13.2. The van der Waals surface area contributed by atoms with Gasteiger partial charge in [0.1, 0.15) is 0 Å². The summed E-state index contributed by atoms with van der Waals surface area (Å²) in [4.78, 5) is 23.9. The summed E-state index contributed by atoms with van der Waals surface area (Å²) in [5.41, 5.74) is 0.314. The van der Waals surface area contributed by atoms with Crippen LogP contribution in [0.1, 0.15) is 50.4 Å². The Bertz CT molecular complexity index is 728. The Hall–Kier alpha value is -1.96. The van der Waals surface area contributed by atoms with Crippen molar-refractivity contribution in [2.24, 2.45) is 0 Å². The molecule has 158 valence electrons. The average molecular weight is 417 g/mol. The minimum atomic E-state index is -4.09. The van der Waals surface area contributed by atoms with Crippen molar-refractivity contribution in [2.75, 3.05) is 27.4 Å². The molecule has 0 N–H and O–H groups in total. The third-order valence-corrected chi connectivity index (χ3v) is 7.39. The minimum absolute atomic E-state index is 0.00348. The number of carbonyl (C=O) groups excluding carboxylic acids is 1. The lowest BCUT2D eigenvalue weighted by molar-refractivity contribution is -0.546. The second kappa shape index (κ2) is 10.5. The number of ether oxygens (including phenoxy) is 2. The van der Waals surface area contributed by atoms with Crippen LogP contribution in [-0.2, 0) is 13.6 Å². The van der Waals surface area contributed by atoms with E-state index in [2.05, 4.69) is 0 Å². The van der Waals surface area contributed by atoms with E-state index < -0.39 is 17.8 Å². The molecule has 0 bridgehead atoms. The highest BCUT2D eigenvalue weighted by molar-refractivity contribution is 7.55. The summed E-state index contributed by atoms with van der Waals surface area (Å²) in [6.45, 7) is 4.70. The zero-order chi connectivity index (χ0) is 21.4. The lowest BCUT2D eigenvalue weighted by atomic mass is 10.0. The highest BCUT2D eigenvalue weighted by Crippen LogP contribution is 2.63. The van der Waals surface area contributed by atoms with Gasteiger partial charge in [-0.15, -0.1) is 0 Å². The molecule has 0 unspecified atom stereocenters. The molecule has 0 amide bonds. The summed E-state index contributed by atoms with van der Waals surface area (Å²) in [6.07, 6.45) is -0.577. The number of ketones is 1. The molecule has 28 heavy (non-hydrogen) atoms. The first-order valence-corrected chi connectivity index (χ1v) is 10.6. The average Bonchev–Trinajstić information content (AvgIpc) is 2.67. The van der Waals surface area contributed by atoms with Gasteiger partial charge in [-0.3, -0.25) is 19.5 Å². The van der Waals surface area contributed by atoms with E-state index in [-0.39, 0.29) is 38.3 Å². The number of Topliss-reactive ketones (excluding diaryl/α,β-unsaturated/α-hetero) is 1. The monoisotopic (exact) mass is 417 g/mol. The van der Waals surface area contributed by atoms with Gasteiger partial charge in [0.05, 0.1) is 27.4 Å². The fourth-order valence-corrected chi connectivity index (χ4v) is 5.12. The molecular weight excluding hydrogens is 389 g/mol. The molecule has 1 atom stereocenters. The Morgan fingerprint density at radius 3 is 2.11 bits per heavy atom. The predicted octanol–water partition coefficient (Wildman–Crippen LogP) is 4.32. The number of methoxy groups -OCH3 is 2. The van der Waals surface area contributed by atoms with E-state index in [1.165, 1.54) is 27.2 Å². The highest BCUT2D eigenvalue weighted by Gasteiger charge is 2.60. The fraction of sp³-hybridized carbons (Fsp3) is 0.611. The summed E-state index contributed by atoms with van der Waals surface area (Å²) in [5.74, 6) is 0.489. The van der Waals surface area contributed by atoms with Crippen molar-refractivity contribution in [3.05, 3.63) is 33.9 Å². The van der Waals surface area contributed by atoms with Crippen LogP contribution in [0.3, 0.4) is 0 Å². The normalized spacial score (nSPS) is 13.6. The Morgan fingerprint density at radius 1 is 1.11 bits per heavy atom. The Balaban J connectivity index is 3.17. The van der Waals surface area contributed by atoms with E-state index in [1.54, 1.807) is 26.0 Å². The molecule has 9 nitrogen and oxygen atoms in total. The van der Waals surface area contributed by atoms with Gasteiger partial charge in [-0.25, -0.2) is 0 Å². The molecule has 0 saturated heterocycles. The zero-order valence-electron chi connectivity index (χ0n) is 16.9. The van der Waals surface area contributed by atoms with Crippen molar-refractivity contribution >= 4 is 13.4 Å². The summed E-state index contributed by atoms with van der Waals surface area (Å²) in [6, 6.07) is 4.64. The van der Waals surface area contributed by atoms with Gasteiger partial charge in [0, 0.05) is 29.7 Å². The Labute approximate surface area is 165 Å². The van der Waals surface area contributed by atoms with E-state index in [4.69, 9.17) is 18.5 Å². The molecule has 0 saturated carbocycles. The number of hydrogen-bond donors (Lipinski definition) is 0. The first-order chi connectivity index (χ1) is 13.2. The van der Waals surface area contributed by atoms with E-state index in [9.17, 15) is 19.5 Å². The third kappa shape index (κ3) is 4.90. The fourth-order valence-electron chi connectivity index (χ4n) is 2.91. The molecular formula is C18H28NO8P. The maximum absolute atomic E-state index is 13.2. The van der Waals surface area contributed by atoms with E-state index >= 15 is 0 Å². The molecule has 10 heteroatoms. The second-order valence-electron chi connectivity index (χ2n) is 5.92. The molecule has 0 spiro atoms. The number of carbonyl (C=O) groups is 1. The van der Waals surface area contributed by atoms with Gasteiger partial charge in [-0.1, -0.05) is 6.92 Å². The van der Waals surface area contributed by atoms with Crippen LogP contribution >= 0.6 is 7.60 Å². The van der Waals surface area contributed by atoms with Crippen molar-refractivity contribution in [3.63, 3.8) is 0 Å². The van der Waals surface area contributed by atoms with Crippen LogP contribution in [0.15, 0.2) is 18.2 Å². The van der Waals surface area contributed by atoms with Crippen LogP contribution in [0.2, 0.25) is 0 Å². The number of rotatable bonds is 13. The third-order valence-electron chi connectivity index (χ3n) is 4.47. The van der Waals surface area contributed by atoms with Gasteiger partial charge in [0.2, 0.25) is 0 Å². The van der Waals surface area contributed by atoms with Gasteiger partial charge >= 0.3 is 12.9 Å². The van der Waals surface area contributed by atoms with Crippen LogP contribution in [-0.4, -0.2) is 43.4 Å². The highest BCUT2D eigenvalue weighted by atomic mass is 31.2. The summed E-state index contributed by atoms with van der Waals surface area (Å²) >= 11 is 0. The predicted molar refractivity (Wildman–Crippen MR) is 104 cm³/mol. The first-order valence-electron chi connectivity index (χ1n) is 9.04. The van der Waals surface area contributed by atoms with Gasteiger partial charge < -0.3 is 18.5 Å². The SMILES string of the molecule is CCOP(=O)(OCC)[C@](CC)(CCC(=O)c1ccc(OC)c(OC)c1)[N+](=O)[O-]. The Morgan fingerprint density at radius 2 is 1.68 bits per heavy atom. The minimum Gasteiger partial charge on any atom is -0.493 e. The smallest absolute Gasteiger partial charge is 0.406 e.